The summed E-state index contributed by atoms with van der Waals surface area (Å²) in [7, 11) is -2.37. The van der Waals surface area contributed by atoms with Crippen LogP contribution < -0.4 is 4.74 Å². The molecule has 0 aliphatic carbocycles. The zero-order valence-corrected chi connectivity index (χ0v) is 17.7. The molecule has 2 heterocycles. The fourth-order valence-electron chi connectivity index (χ4n) is 3.33. The fraction of sp³-hybridized carbons (Fsp3) is 0.500. The molecule has 0 aromatic heterocycles. The largest absolute Gasteiger partial charge is 0.495 e. The van der Waals surface area contributed by atoms with E-state index in [2.05, 4.69) is 0 Å². The predicted molar refractivity (Wildman–Crippen MR) is 108 cm³/mol. The monoisotopic (exact) mass is 438 g/mol. The maximum absolute atomic E-state index is 13.0. The van der Waals surface area contributed by atoms with E-state index < -0.39 is 16.0 Å². The Kier molecular flexibility index (Phi) is 7.46. The van der Waals surface area contributed by atoms with Gasteiger partial charge in [-0.2, -0.15) is 4.31 Å². The third kappa shape index (κ3) is 5.38. The Morgan fingerprint density at radius 1 is 1.13 bits per heavy atom. The summed E-state index contributed by atoms with van der Waals surface area (Å²) in [5.41, 5.74) is 0.491. The van der Waals surface area contributed by atoms with Crippen molar-refractivity contribution >= 4 is 28.0 Å². The van der Waals surface area contributed by atoms with E-state index >= 15 is 0 Å². The van der Waals surface area contributed by atoms with Crippen molar-refractivity contribution in [3.63, 3.8) is 0 Å². The minimum absolute atomic E-state index is 0.0200. The highest BCUT2D eigenvalue weighted by Gasteiger charge is 2.29. The van der Waals surface area contributed by atoms with E-state index in [-0.39, 0.29) is 36.2 Å². The Balaban J connectivity index is 1.68. The lowest BCUT2D eigenvalue weighted by molar-refractivity contribution is -0.147. The second-order valence-electron chi connectivity index (χ2n) is 6.96. The molecular weight excluding hydrogens is 412 g/mol. The molecule has 1 amide bonds. The van der Waals surface area contributed by atoms with Crippen LogP contribution in [0.25, 0.3) is 6.08 Å². The van der Waals surface area contributed by atoms with Gasteiger partial charge in [-0.05, 0) is 36.6 Å². The second-order valence-corrected chi connectivity index (χ2v) is 8.86. The first-order valence-electron chi connectivity index (χ1n) is 9.80. The Bertz CT molecular complexity index is 902. The summed E-state index contributed by atoms with van der Waals surface area (Å²) in [6, 6.07) is 4.62. The lowest BCUT2D eigenvalue weighted by atomic mass is 10.2. The summed E-state index contributed by atoms with van der Waals surface area (Å²) in [4.78, 5) is 25.6. The summed E-state index contributed by atoms with van der Waals surface area (Å²) in [5, 5.41) is 0. The van der Waals surface area contributed by atoms with Gasteiger partial charge in [-0.25, -0.2) is 13.2 Å². The third-order valence-electron chi connectivity index (χ3n) is 4.98. The molecule has 0 radical (unpaired) electrons. The lowest BCUT2D eigenvalue weighted by Gasteiger charge is -2.26. The number of ether oxygens (including phenoxy) is 3. The van der Waals surface area contributed by atoms with Crippen molar-refractivity contribution in [2.24, 2.45) is 0 Å². The van der Waals surface area contributed by atoms with Crippen LogP contribution in [0.4, 0.5) is 0 Å². The van der Waals surface area contributed by atoms with Crippen LogP contribution in [0.1, 0.15) is 18.4 Å². The highest BCUT2D eigenvalue weighted by molar-refractivity contribution is 7.89. The topological polar surface area (TPSA) is 102 Å². The molecule has 2 saturated heterocycles. The molecule has 1 aromatic rings. The van der Waals surface area contributed by atoms with Gasteiger partial charge in [0.05, 0.1) is 20.3 Å². The minimum atomic E-state index is -3.77. The molecule has 10 heteroatoms. The van der Waals surface area contributed by atoms with Crippen LogP contribution >= 0.6 is 0 Å². The van der Waals surface area contributed by atoms with Crippen molar-refractivity contribution in [3.05, 3.63) is 29.8 Å². The number of carbonyl (C=O) groups excluding carboxylic acids is 2. The predicted octanol–water partition coefficient (Wildman–Crippen LogP) is 0.895. The van der Waals surface area contributed by atoms with Gasteiger partial charge in [0, 0.05) is 32.3 Å². The van der Waals surface area contributed by atoms with E-state index in [1.807, 2.05) is 0 Å². The Morgan fingerprint density at radius 3 is 2.50 bits per heavy atom. The maximum atomic E-state index is 13.0. The van der Waals surface area contributed by atoms with Crippen molar-refractivity contribution in [1.82, 2.24) is 9.21 Å². The van der Waals surface area contributed by atoms with E-state index in [0.717, 1.165) is 12.8 Å². The average Bonchev–Trinajstić information content (AvgIpc) is 3.31. The molecule has 0 bridgehead atoms. The minimum Gasteiger partial charge on any atom is -0.495 e. The highest BCUT2D eigenvalue weighted by Crippen LogP contribution is 2.28. The number of benzene rings is 1. The van der Waals surface area contributed by atoms with Gasteiger partial charge >= 0.3 is 5.97 Å². The summed E-state index contributed by atoms with van der Waals surface area (Å²) in [6.07, 6.45) is 4.55. The number of amides is 1. The van der Waals surface area contributed by atoms with Crippen LogP contribution in [-0.4, -0.2) is 82.6 Å². The SMILES string of the molecule is COc1ccc(/C=C/C(=O)OCC(=O)N2CCCC2)cc1S(=O)(=O)N1CCOCC1. The third-order valence-corrected chi connectivity index (χ3v) is 6.90. The second kappa shape index (κ2) is 10.1. The zero-order valence-electron chi connectivity index (χ0n) is 16.9. The summed E-state index contributed by atoms with van der Waals surface area (Å²) in [5.74, 6) is -0.661. The molecule has 2 aliphatic heterocycles. The normalized spacial score (nSPS) is 18.0. The molecule has 0 unspecified atom stereocenters. The molecule has 1 aromatic carbocycles. The molecule has 9 nitrogen and oxygen atoms in total. The molecule has 0 N–H and O–H groups in total. The Morgan fingerprint density at radius 2 is 1.83 bits per heavy atom. The summed E-state index contributed by atoms with van der Waals surface area (Å²) >= 11 is 0. The van der Waals surface area contributed by atoms with Gasteiger partial charge in [-0.3, -0.25) is 4.79 Å². The van der Waals surface area contributed by atoms with Crippen molar-refractivity contribution in [3.8, 4) is 5.75 Å². The van der Waals surface area contributed by atoms with Gasteiger partial charge in [0.25, 0.3) is 5.91 Å². The van der Waals surface area contributed by atoms with Gasteiger partial charge in [0.2, 0.25) is 10.0 Å². The number of morpholine rings is 1. The quantitative estimate of drug-likeness (QED) is 0.460. The van der Waals surface area contributed by atoms with Gasteiger partial charge in [-0.15, -0.1) is 0 Å². The number of hydrogen-bond donors (Lipinski definition) is 0. The van der Waals surface area contributed by atoms with E-state index in [4.69, 9.17) is 14.2 Å². The standard InChI is InChI=1S/C20H26N2O7S/c1-27-17-6-4-16(14-18(17)30(25,26)22-10-12-28-13-11-22)5-7-20(24)29-15-19(23)21-8-2-3-9-21/h4-7,14H,2-3,8-13,15H2,1H3/b7-5+. The van der Waals surface area contributed by atoms with E-state index in [1.165, 1.54) is 35.7 Å². The lowest BCUT2D eigenvalue weighted by Crippen LogP contribution is -2.40. The van der Waals surface area contributed by atoms with Crippen molar-refractivity contribution < 1.29 is 32.2 Å². The van der Waals surface area contributed by atoms with Gasteiger partial charge in [0.1, 0.15) is 10.6 Å². The van der Waals surface area contributed by atoms with Crippen LogP contribution in [0.15, 0.2) is 29.2 Å². The van der Waals surface area contributed by atoms with Gasteiger partial charge in [-0.1, -0.05) is 6.07 Å². The first kappa shape index (κ1) is 22.3. The van der Waals surface area contributed by atoms with Crippen LogP contribution in [-0.2, 0) is 29.1 Å². The zero-order chi connectivity index (χ0) is 21.6. The molecular formula is C20H26N2O7S. The van der Waals surface area contributed by atoms with Crippen LogP contribution in [0.5, 0.6) is 5.75 Å². The van der Waals surface area contributed by atoms with Crippen LogP contribution in [0.2, 0.25) is 0 Å². The number of carbonyl (C=O) groups is 2. The molecule has 0 atom stereocenters. The number of likely N-dealkylation sites (tertiary alicyclic amines) is 1. The van der Waals surface area contributed by atoms with Gasteiger partial charge in [0.15, 0.2) is 6.61 Å². The first-order valence-corrected chi connectivity index (χ1v) is 11.2. The molecule has 164 valence electrons. The molecule has 3 rings (SSSR count). The van der Waals surface area contributed by atoms with Gasteiger partial charge < -0.3 is 19.1 Å². The van der Waals surface area contributed by atoms with E-state index in [1.54, 1.807) is 11.0 Å². The molecule has 30 heavy (non-hydrogen) atoms. The number of hydrogen-bond acceptors (Lipinski definition) is 7. The maximum Gasteiger partial charge on any atom is 0.331 e. The summed E-state index contributed by atoms with van der Waals surface area (Å²) < 4.78 is 42.8. The van der Waals surface area contributed by atoms with Crippen molar-refractivity contribution in [2.75, 3.05) is 53.1 Å². The fourth-order valence-corrected chi connectivity index (χ4v) is 4.93. The average molecular weight is 439 g/mol. The van der Waals surface area contributed by atoms with Crippen molar-refractivity contribution in [1.29, 1.82) is 0 Å². The number of rotatable bonds is 7. The first-order chi connectivity index (χ1) is 14.4. The molecule has 2 fully saturated rings. The number of esters is 1. The molecule has 0 spiro atoms. The van der Waals surface area contributed by atoms with Crippen LogP contribution in [0, 0.1) is 0 Å². The number of methoxy groups -OCH3 is 1. The smallest absolute Gasteiger partial charge is 0.331 e. The Labute approximate surface area is 176 Å². The van der Waals surface area contributed by atoms with E-state index in [9.17, 15) is 18.0 Å². The molecule has 0 saturated carbocycles. The Hall–Kier alpha value is -2.43. The highest BCUT2D eigenvalue weighted by atomic mass is 32.2. The van der Waals surface area contributed by atoms with Crippen LogP contribution in [0.3, 0.4) is 0 Å². The summed E-state index contributed by atoms with van der Waals surface area (Å²) in [6.45, 7) is 2.29. The molecule has 2 aliphatic rings. The van der Waals surface area contributed by atoms with Crippen molar-refractivity contribution in [2.45, 2.75) is 17.7 Å². The number of sulfonamides is 1. The number of nitrogens with zero attached hydrogens (tertiary/aromatic N) is 2. The van der Waals surface area contributed by atoms with E-state index in [0.29, 0.717) is 31.9 Å².